The van der Waals surface area contributed by atoms with Gasteiger partial charge in [0, 0.05) is 11.6 Å². The molecular formula is C23H22AuO2P. The number of hydrogen-bond acceptors (Lipinski definition) is 2. The average molecular weight is 558 g/mol. The maximum Gasteiger partial charge on any atom is 1.00 e. The first-order valence-corrected chi connectivity index (χ1v) is 9.73. The van der Waals surface area contributed by atoms with Crippen LogP contribution in [0.4, 0.5) is 0 Å². The van der Waals surface area contributed by atoms with Gasteiger partial charge < -0.3 is 9.59 Å². The zero-order chi connectivity index (χ0) is 18.8. The Bertz CT molecular complexity index is 715. The van der Waals surface area contributed by atoms with Crippen molar-refractivity contribution >= 4 is 35.4 Å². The molecule has 0 fully saturated rings. The minimum absolute atomic E-state index is 0. The van der Waals surface area contributed by atoms with Crippen LogP contribution in [-0.2, 0) is 32.0 Å². The number of ketones is 2. The van der Waals surface area contributed by atoms with Gasteiger partial charge in [0.05, 0.1) is 0 Å². The first-order chi connectivity index (χ1) is 12.6. The molecule has 0 bridgehead atoms. The Morgan fingerprint density at radius 1 is 0.593 bits per heavy atom. The maximum atomic E-state index is 9.98. The van der Waals surface area contributed by atoms with Gasteiger partial charge in [0.25, 0.3) is 0 Å². The maximum absolute atomic E-state index is 9.98. The number of benzene rings is 3. The van der Waals surface area contributed by atoms with E-state index in [0.29, 0.717) is 0 Å². The summed E-state index contributed by atoms with van der Waals surface area (Å²) in [6.45, 7) is 2.70. The van der Waals surface area contributed by atoms with Crippen molar-refractivity contribution in [3.8, 4) is 0 Å². The van der Waals surface area contributed by atoms with E-state index in [1.54, 1.807) is 0 Å². The third kappa shape index (κ3) is 8.07. The number of hydrogen-bond donors (Lipinski definition) is 0. The van der Waals surface area contributed by atoms with Crippen molar-refractivity contribution in [3.63, 3.8) is 0 Å². The first kappa shape index (κ1) is 23.1. The van der Waals surface area contributed by atoms with E-state index >= 15 is 0 Å². The summed E-state index contributed by atoms with van der Waals surface area (Å²) in [7, 11) is -0.446. The zero-order valence-electron chi connectivity index (χ0n) is 15.3. The van der Waals surface area contributed by atoms with Crippen LogP contribution in [0.15, 0.2) is 91.0 Å². The molecule has 0 N–H and O–H groups in total. The van der Waals surface area contributed by atoms with Crippen molar-refractivity contribution < 1.29 is 32.0 Å². The first-order valence-electron chi connectivity index (χ1n) is 8.39. The molecule has 2 nitrogen and oxygen atoms in total. The van der Waals surface area contributed by atoms with Gasteiger partial charge in [0.2, 0.25) is 0 Å². The fourth-order valence-corrected chi connectivity index (χ4v) is 4.77. The second-order valence-corrected chi connectivity index (χ2v) is 7.93. The van der Waals surface area contributed by atoms with Crippen molar-refractivity contribution in [3.05, 3.63) is 97.4 Å². The molecule has 0 saturated heterocycles. The molecule has 3 aromatic carbocycles. The molecule has 0 spiro atoms. The molecule has 0 unspecified atom stereocenters. The number of carbonyl (C=O) groups is 2. The number of Topliss-reactive ketones (excluding diaryl/α,β-unsaturated/α-hetero) is 2. The summed E-state index contributed by atoms with van der Waals surface area (Å²) < 4.78 is 0. The predicted octanol–water partition coefficient (Wildman–Crippen LogP) is 3.81. The van der Waals surface area contributed by atoms with E-state index in [1.807, 2.05) is 0 Å². The molecule has 0 saturated carbocycles. The van der Waals surface area contributed by atoms with Crippen LogP contribution in [0.3, 0.4) is 0 Å². The van der Waals surface area contributed by atoms with Crippen molar-refractivity contribution in [2.45, 2.75) is 13.8 Å². The second-order valence-electron chi connectivity index (χ2n) is 5.71. The average Bonchev–Trinajstić information content (AvgIpc) is 2.64. The Labute approximate surface area is 178 Å². The smallest absolute Gasteiger partial charge is 0.334 e. The topological polar surface area (TPSA) is 34.1 Å². The Morgan fingerprint density at radius 3 is 1.04 bits per heavy atom. The normalized spacial score (nSPS) is 9.44. The summed E-state index contributed by atoms with van der Waals surface area (Å²) >= 11 is 0. The second kappa shape index (κ2) is 12.4. The molecular weight excluding hydrogens is 536 g/mol. The molecule has 142 valence electrons. The Morgan fingerprint density at radius 2 is 0.852 bits per heavy atom. The molecule has 27 heavy (non-hydrogen) atoms. The van der Waals surface area contributed by atoms with Crippen molar-refractivity contribution in [2.75, 3.05) is 0 Å². The molecule has 3 aromatic rings. The van der Waals surface area contributed by atoms with Crippen molar-refractivity contribution in [1.29, 1.82) is 0 Å². The summed E-state index contributed by atoms with van der Waals surface area (Å²) in [6.07, 6.45) is 1.06. The van der Waals surface area contributed by atoms with Gasteiger partial charge in [0.1, 0.15) is 0 Å². The largest absolute Gasteiger partial charge is 1.00 e. The van der Waals surface area contributed by atoms with Gasteiger partial charge in [-0.05, 0) is 37.7 Å². The molecule has 0 aliphatic rings. The van der Waals surface area contributed by atoms with Crippen LogP contribution >= 0.6 is 7.92 Å². The van der Waals surface area contributed by atoms with E-state index in [-0.39, 0.29) is 33.9 Å². The predicted molar refractivity (Wildman–Crippen MR) is 111 cm³/mol. The van der Waals surface area contributed by atoms with Crippen LogP contribution in [0, 0.1) is 6.42 Å². The van der Waals surface area contributed by atoms with Gasteiger partial charge in [-0.15, -0.1) is 0 Å². The SMILES string of the molecule is CC(=O)[CH-]C(C)=O.[Au+].c1ccc(P(c2ccccc2)c2ccccc2)cc1. The van der Waals surface area contributed by atoms with Crippen LogP contribution < -0.4 is 15.9 Å². The van der Waals surface area contributed by atoms with E-state index in [2.05, 4.69) is 91.0 Å². The summed E-state index contributed by atoms with van der Waals surface area (Å²) in [5, 5.41) is 4.19. The van der Waals surface area contributed by atoms with E-state index < -0.39 is 7.92 Å². The van der Waals surface area contributed by atoms with Crippen LogP contribution in [-0.4, -0.2) is 11.6 Å². The van der Waals surface area contributed by atoms with Gasteiger partial charge in [-0.25, -0.2) is 0 Å². The standard InChI is InChI=1S/C18H15P.C5H7O2.Au/c1-4-10-16(11-5-1)19(17-12-6-2-7-13-17)18-14-8-3-9-15-18;1-4(6)3-5(2)7;/h1-15H;3H,1-2H3;/q;-1;+1. The Balaban J connectivity index is 0.000000395. The van der Waals surface area contributed by atoms with E-state index in [4.69, 9.17) is 0 Å². The summed E-state index contributed by atoms with van der Waals surface area (Å²) in [5.74, 6) is -0.375. The number of rotatable bonds is 5. The van der Waals surface area contributed by atoms with Crippen molar-refractivity contribution in [1.82, 2.24) is 0 Å². The van der Waals surface area contributed by atoms with Crippen LogP contribution in [0.25, 0.3) is 0 Å². The third-order valence-electron chi connectivity index (χ3n) is 3.45. The monoisotopic (exact) mass is 558 g/mol. The minimum atomic E-state index is -0.446. The molecule has 4 heteroatoms. The fourth-order valence-electron chi connectivity index (χ4n) is 2.46. The third-order valence-corrected chi connectivity index (χ3v) is 5.89. The van der Waals surface area contributed by atoms with Gasteiger partial charge in [-0.2, -0.15) is 0 Å². The van der Waals surface area contributed by atoms with Gasteiger partial charge in [0.15, 0.2) is 0 Å². The molecule has 0 heterocycles. The molecule has 0 atom stereocenters. The molecule has 0 aliphatic carbocycles. The molecule has 0 amide bonds. The van der Waals surface area contributed by atoms with Crippen molar-refractivity contribution in [2.24, 2.45) is 0 Å². The minimum Gasteiger partial charge on any atom is -0.334 e. The molecule has 0 aliphatic heterocycles. The van der Waals surface area contributed by atoms with E-state index in [0.717, 1.165) is 6.42 Å². The molecule has 0 aromatic heterocycles. The zero-order valence-corrected chi connectivity index (χ0v) is 18.4. The van der Waals surface area contributed by atoms with Gasteiger partial charge >= 0.3 is 22.4 Å². The fraction of sp³-hybridized carbons (Fsp3) is 0.0870. The van der Waals surface area contributed by atoms with E-state index in [9.17, 15) is 9.59 Å². The van der Waals surface area contributed by atoms with E-state index in [1.165, 1.54) is 29.8 Å². The quantitative estimate of drug-likeness (QED) is 0.207. The van der Waals surface area contributed by atoms with Gasteiger partial charge in [-0.3, -0.25) is 6.42 Å². The molecule has 3 rings (SSSR count). The Kier molecular flexibility index (Phi) is 10.6. The summed E-state index contributed by atoms with van der Waals surface area (Å²) in [6, 6.07) is 32.3. The van der Waals surface area contributed by atoms with Crippen LogP contribution in [0.2, 0.25) is 0 Å². The number of carbonyl (C=O) groups excluding carboxylic acids is 2. The van der Waals surface area contributed by atoms with Crippen LogP contribution in [0.5, 0.6) is 0 Å². The summed E-state index contributed by atoms with van der Waals surface area (Å²) in [4.78, 5) is 20.0. The summed E-state index contributed by atoms with van der Waals surface area (Å²) in [5.41, 5.74) is 0. The van der Waals surface area contributed by atoms with Gasteiger partial charge in [-0.1, -0.05) is 91.0 Å². The Hall–Kier alpha value is -1.96. The molecule has 0 radical (unpaired) electrons. The van der Waals surface area contributed by atoms with Crippen LogP contribution in [0.1, 0.15) is 13.8 Å².